The Morgan fingerprint density at radius 1 is 1.25 bits per heavy atom. The van der Waals surface area contributed by atoms with Crippen molar-refractivity contribution in [3.8, 4) is 5.75 Å². The Kier molecular flexibility index (Phi) is 7.15. The number of benzene rings is 1. The molecule has 1 aliphatic rings. The molecule has 1 saturated heterocycles. The van der Waals surface area contributed by atoms with Crippen molar-refractivity contribution in [2.24, 2.45) is 0 Å². The zero-order valence-electron chi connectivity index (χ0n) is 11.8. The SMILES string of the molecule is Clc1cccc(OCCNCCCN2CCOCC2)c1. The van der Waals surface area contributed by atoms with Gasteiger partial charge in [-0.05, 0) is 37.7 Å². The van der Waals surface area contributed by atoms with E-state index in [9.17, 15) is 0 Å². The Hall–Kier alpha value is -0.810. The van der Waals surface area contributed by atoms with E-state index in [1.807, 2.05) is 24.3 Å². The molecule has 0 spiro atoms. The zero-order chi connectivity index (χ0) is 14.0. The Balaban J connectivity index is 1.45. The molecule has 1 heterocycles. The van der Waals surface area contributed by atoms with E-state index < -0.39 is 0 Å². The lowest BCUT2D eigenvalue weighted by molar-refractivity contribution is 0.0374. The Morgan fingerprint density at radius 2 is 2.10 bits per heavy atom. The molecule has 4 nitrogen and oxygen atoms in total. The van der Waals surface area contributed by atoms with Gasteiger partial charge in [0.05, 0.1) is 13.2 Å². The second kappa shape index (κ2) is 9.19. The van der Waals surface area contributed by atoms with E-state index in [2.05, 4.69) is 10.2 Å². The minimum absolute atomic E-state index is 0.665. The second-order valence-corrected chi connectivity index (χ2v) is 5.30. The minimum Gasteiger partial charge on any atom is -0.492 e. The van der Waals surface area contributed by atoms with Crippen LogP contribution in [0.4, 0.5) is 0 Å². The van der Waals surface area contributed by atoms with E-state index in [-0.39, 0.29) is 0 Å². The summed E-state index contributed by atoms with van der Waals surface area (Å²) in [4.78, 5) is 2.45. The average Bonchev–Trinajstić information content (AvgIpc) is 2.47. The first-order valence-electron chi connectivity index (χ1n) is 7.24. The highest BCUT2D eigenvalue weighted by atomic mass is 35.5. The first kappa shape index (κ1) is 15.6. The Morgan fingerprint density at radius 3 is 2.90 bits per heavy atom. The lowest BCUT2D eigenvalue weighted by Crippen LogP contribution is -2.37. The topological polar surface area (TPSA) is 33.7 Å². The highest BCUT2D eigenvalue weighted by molar-refractivity contribution is 6.30. The van der Waals surface area contributed by atoms with E-state index >= 15 is 0 Å². The molecule has 1 fully saturated rings. The number of hydrogen-bond acceptors (Lipinski definition) is 4. The fourth-order valence-electron chi connectivity index (χ4n) is 2.18. The third-order valence-corrected chi connectivity index (χ3v) is 3.51. The van der Waals surface area contributed by atoms with Crippen LogP contribution in [0.5, 0.6) is 5.75 Å². The van der Waals surface area contributed by atoms with Crippen LogP contribution in [0.2, 0.25) is 5.02 Å². The van der Waals surface area contributed by atoms with Gasteiger partial charge in [-0.2, -0.15) is 0 Å². The van der Waals surface area contributed by atoms with Gasteiger partial charge in [0.2, 0.25) is 0 Å². The average molecular weight is 299 g/mol. The van der Waals surface area contributed by atoms with Crippen molar-refractivity contribution >= 4 is 11.6 Å². The predicted octanol–water partition coefficient (Wildman–Crippen LogP) is 2.03. The lowest BCUT2D eigenvalue weighted by atomic mass is 10.3. The third-order valence-electron chi connectivity index (χ3n) is 3.28. The molecule has 112 valence electrons. The molecule has 0 aliphatic carbocycles. The maximum absolute atomic E-state index is 5.89. The second-order valence-electron chi connectivity index (χ2n) is 4.86. The summed E-state index contributed by atoms with van der Waals surface area (Å²) in [6.45, 7) is 7.58. The van der Waals surface area contributed by atoms with Gasteiger partial charge in [-0.15, -0.1) is 0 Å². The van der Waals surface area contributed by atoms with E-state index in [1.54, 1.807) is 0 Å². The number of ether oxygens (including phenoxy) is 2. The number of nitrogens with one attached hydrogen (secondary N) is 1. The fraction of sp³-hybridized carbons (Fsp3) is 0.600. The summed E-state index contributed by atoms with van der Waals surface area (Å²) in [5.41, 5.74) is 0. The monoisotopic (exact) mass is 298 g/mol. The molecule has 5 heteroatoms. The van der Waals surface area contributed by atoms with Crippen molar-refractivity contribution in [2.45, 2.75) is 6.42 Å². The summed E-state index contributed by atoms with van der Waals surface area (Å²) in [5.74, 6) is 0.826. The lowest BCUT2D eigenvalue weighted by Gasteiger charge is -2.26. The van der Waals surface area contributed by atoms with E-state index in [4.69, 9.17) is 21.1 Å². The molecule has 1 aromatic rings. The van der Waals surface area contributed by atoms with Gasteiger partial charge in [0.25, 0.3) is 0 Å². The summed E-state index contributed by atoms with van der Waals surface area (Å²) in [6.07, 6.45) is 1.16. The highest BCUT2D eigenvalue weighted by Crippen LogP contribution is 2.16. The number of nitrogens with zero attached hydrogens (tertiary/aromatic N) is 1. The van der Waals surface area contributed by atoms with Gasteiger partial charge in [0, 0.05) is 24.7 Å². The van der Waals surface area contributed by atoms with Crippen LogP contribution in [-0.4, -0.2) is 57.4 Å². The van der Waals surface area contributed by atoms with Crippen molar-refractivity contribution in [3.63, 3.8) is 0 Å². The zero-order valence-corrected chi connectivity index (χ0v) is 12.6. The molecule has 0 saturated carbocycles. The van der Waals surface area contributed by atoms with Gasteiger partial charge in [-0.3, -0.25) is 4.90 Å². The van der Waals surface area contributed by atoms with E-state index in [0.29, 0.717) is 11.6 Å². The van der Waals surface area contributed by atoms with Crippen molar-refractivity contribution in [1.29, 1.82) is 0 Å². The summed E-state index contributed by atoms with van der Waals surface area (Å²) in [5, 5.41) is 4.10. The molecule has 0 atom stereocenters. The van der Waals surface area contributed by atoms with Crippen LogP contribution >= 0.6 is 11.6 Å². The van der Waals surface area contributed by atoms with Gasteiger partial charge in [0.1, 0.15) is 12.4 Å². The van der Waals surface area contributed by atoms with Crippen LogP contribution in [-0.2, 0) is 4.74 Å². The quantitative estimate of drug-likeness (QED) is 0.745. The van der Waals surface area contributed by atoms with Gasteiger partial charge in [-0.1, -0.05) is 17.7 Å². The number of halogens is 1. The highest BCUT2D eigenvalue weighted by Gasteiger charge is 2.08. The summed E-state index contributed by atoms with van der Waals surface area (Å²) in [6, 6.07) is 7.50. The van der Waals surface area contributed by atoms with Crippen molar-refractivity contribution in [2.75, 3.05) is 52.5 Å². The van der Waals surface area contributed by atoms with Gasteiger partial charge in [-0.25, -0.2) is 0 Å². The number of morpholine rings is 1. The smallest absolute Gasteiger partial charge is 0.120 e. The molecule has 0 unspecified atom stereocenters. The van der Waals surface area contributed by atoms with E-state index in [1.165, 1.54) is 0 Å². The third kappa shape index (κ3) is 6.09. The molecule has 0 radical (unpaired) electrons. The fourth-order valence-corrected chi connectivity index (χ4v) is 2.36. The molecule has 0 bridgehead atoms. The molecular formula is C15H23ClN2O2. The van der Waals surface area contributed by atoms with Crippen LogP contribution in [0, 0.1) is 0 Å². The van der Waals surface area contributed by atoms with Crippen LogP contribution in [0.1, 0.15) is 6.42 Å². The minimum atomic E-state index is 0.665. The van der Waals surface area contributed by atoms with Crippen LogP contribution in [0.3, 0.4) is 0 Å². The van der Waals surface area contributed by atoms with Crippen molar-refractivity contribution in [1.82, 2.24) is 10.2 Å². The van der Waals surface area contributed by atoms with E-state index in [0.717, 1.165) is 58.1 Å². The number of rotatable bonds is 8. The molecule has 1 N–H and O–H groups in total. The summed E-state index contributed by atoms with van der Waals surface area (Å²) in [7, 11) is 0. The molecular weight excluding hydrogens is 276 g/mol. The molecule has 2 rings (SSSR count). The molecule has 0 amide bonds. The summed E-state index contributed by atoms with van der Waals surface area (Å²) >= 11 is 5.89. The van der Waals surface area contributed by atoms with Gasteiger partial charge < -0.3 is 14.8 Å². The van der Waals surface area contributed by atoms with Gasteiger partial charge >= 0.3 is 0 Å². The van der Waals surface area contributed by atoms with Crippen LogP contribution in [0.25, 0.3) is 0 Å². The first-order chi connectivity index (χ1) is 9.84. The molecule has 1 aliphatic heterocycles. The maximum atomic E-state index is 5.89. The van der Waals surface area contributed by atoms with Crippen LogP contribution < -0.4 is 10.1 Å². The van der Waals surface area contributed by atoms with Gasteiger partial charge in [0.15, 0.2) is 0 Å². The first-order valence-corrected chi connectivity index (χ1v) is 7.61. The van der Waals surface area contributed by atoms with Crippen LogP contribution in [0.15, 0.2) is 24.3 Å². The largest absolute Gasteiger partial charge is 0.492 e. The van der Waals surface area contributed by atoms with Crippen molar-refractivity contribution in [3.05, 3.63) is 29.3 Å². The molecule has 1 aromatic carbocycles. The molecule has 0 aromatic heterocycles. The van der Waals surface area contributed by atoms with Crippen molar-refractivity contribution < 1.29 is 9.47 Å². The Labute approximate surface area is 126 Å². The number of hydrogen-bond donors (Lipinski definition) is 1. The predicted molar refractivity (Wildman–Crippen MR) is 81.7 cm³/mol. The normalized spacial score (nSPS) is 16.2. The standard InChI is InChI=1S/C15H23ClN2O2/c16-14-3-1-4-15(13-14)20-10-6-17-5-2-7-18-8-11-19-12-9-18/h1,3-4,13,17H,2,5-12H2. The molecule has 20 heavy (non-hydrogen) atoms. The summed E-state index contributed by atoms with van der Waals surface area (Å²) < 4.78 is 10.9. The Bertz CT molecular complexity index is 384. The maximum Gasteiger partial charge on any atom is 0.120 e.